The molecule has 4 nitrogen and oxygen atoms in total. The Kier molecular flexibility index (Phi) is 8.46. The molecule has 1 atom stereocenters. The molecule has 32 heavy (non-hydrogen) atoms. The first kappa shape index (κ1) is 24.0. The van der Waals surface area contributed by atoms with Gasteiger partial charge in [-0.15, -0.1) is 0 Å². The second kappa shape index (κ2) is 11.3. The van der Waals surface area contributed by atoms with Gasteiger partial charge in [-0.05, 0) is 71.5 Å². The fourth-order valence-electron chi connectivity index (χ4n) is 3.87. The minimum atomic E-state index is -0.464. The van der Waals surface area contributed by atoms with E-state index in [1.54, 1.807) is 18.2 Å². The molecule has 1 amide bonds. The minimum Gasteiger partial charge on any atom is -0.330 e. The molecule has 0 fully saturated rings. The molecule has 166 valence electrons. The Morgan fingerprint density at radius 3 is 2.47 bits per heavy atom. The number of carbonyl (C=O) groups is 1. The van der Waals surface area contributed by atoms with Crippen molar-refractivity contribution in [2.24, 2.45) is 5.73 Å². The molecule has 0 saturated carbocycles. The highest BCUT2D eigenvalue weighted by Crippen LogP contribution is 2.32. The zero-order valence-electron chi connectivity index (χ0n) is 18.0. The Morgan fingerprint density at radius 2 is 1.84 bits per heavy atom. The second-order valence-electron chi connectivity index (χ2n) is 7.64. The van der Waals surface area contributed by atoms with Crippen molar-refractivity contribution in [3.63, 3.8) is 0 Å². The summed E-state index contributed by atoms with van der Waals surface area (Å²) in [5.74, 6) is -0.638. The van der Waals surface area contributed by atoms with Gasteiger partial charge in [-0.2, -0.15) is 0 Å². The van der Waals surface area contributed by atoms with E-state index >= 15 is 0 Å². The number of rotatable bonds is 9. The number of hydrogen-bond acceptors (Lipinski definition) is 3. The normalized spacial score (nSPS) is 11.8. The van der Waals surface area contributed by atoms with Crippen molar-refractivity contribution >= 4 is 41.0 Å². The molecule has 0 spiro atoms. The summed E-state index contributed by atoms with van der Waals surface area (Å²) in [4.78, 5) is 13.3. The predicted octanol–water partition coefficient (Wildman–Crippen LogP) is 6.68. The fourth-order valence-corrected chi connectivity index (χ4v) is 4.18. The predicted molar refractivity (Wildman–Crippen MR) is 135 cm³/mol. The number of benzene rings is 3. The first-order chi connectivity index (χ1) is 15.5. The Labute approximate surface area is 199 Å². The lowest BCUT2D eigenvalue weighted by atomic mass is 9.91. The van der Waals surface area contributed by atoms with Gasteiger partial charge in [0.2, 0.25) is 5.91 Å². The third kappa shape index (κ3) is 5.57. The number of carbonyl (C=O) groups excluding carboxylic acids is 1. The molecule has 0 saturated heterocycles. The van der Waals surface area contributed by atoms with Gasteiger partial charge in [0.15, 0.2) is 0 Å². The highest BCUT2D eigenvalue weighted by molar-refractivity contribution is 6.42. The zero-order valence-corrected chi connectivity index (χ0v) is 19.5. The van der Waals surface area contributed by atoms with Gasteiger partial charge in [0.25, 0.3) is 0 Å². The molecule has 0 heterocycles. The molecule has 0 bridgehead atoms. The van der Waals surface area contributed by atoms with Gasteiger partial charge < -0.3 is 16.5 Å². The topological polar surface area (TPSA) is 79.0 Å². The molecular weight excluding hydrogens is 441 g/mol. The van der Waals surface area contributed by atoms with Crippen LogP contribution in [0.25, 0.3) is 11.1 Å². The van der Waals surface area contributed by atoms with E-state index in [1.807, 2.05) is 42.5 Å². The van der Waals surface area contributed by atoms with Crippen molar-refractivity contribution in [3.05, 3.63) is 87.4 Å². The van der Waals surface area contributed by atoms with Gasteiger partial charge >= 0.3 is 0 Å². The van der Waals surface area contributed by atoms with Crippen LogP contribution in [0.5, 0.6) is 0 Å². The van der Waals surface area contributed by atoms with E-state index in [0.29, 0.717) is 28.7 Å². The van der Waals surface area contributed by atoms with Gasteiger partial charge in [-0.1, -0.05) is 72.9 Å². The molecule has 0 aliphatic carbocycles. The summed E-state index contributed by atoms with van der Waals surface area (Å²) in [7, 11) is 0. The van der Waals surface area contributed by atoms with Crippen LogP contribution in [0, 0.1) is 5.41 Å². The van der Waals surface area contributed by atoms with Crippen molar-refractivity contribution in [2.75, 3.05) is 11.9 Å². The number of nitrogens with one attached hydrogen (secondary N) is 2. The summed E-state index contributed by atoms with van der Waals surface area (Å²) in [5, 5.41) is 11.8. The highest BCUT2D eigenvalue weighted by Gasteiger charge is 2.22. The summed E-state index contributed by atoms with van der Waals surface area (Å²) in [6.45, 7) is 2.47. The van der Waals surface area contributed by atoms with Crippen molar-refractivity contribution in [2.45, 2.75) is 32.1 Å². The average molecular weight is 468 g/mol. The molecule has 4 N–H and O–H groups in total. The van der Waals surface area contributed by atoms with E-state index in [9.17, 15) is 4.79 Å². The molecule has 0 aliphatic rings. The molecule has 1 unspecified atom stereocenters. The standard InChI is InChI=1S/C26H27Cl2N3O/c1-2-6-21-19(16-30)13-20(15-23(21)17-7-4-3-5-8-17)31-26(32)22(11-12-29)18-9-10-24(27)25(28)14-18/h3-5,7-10,13-16,22,30H,2,6,11-12,29H2,1H3,(H,31,32). The first-order valence-corrected chi connectivity index (χ1v) is 11.4. The van der Waals surface area contributed by atoms with E-state index < -0.39 is 5.92 Å². The average Bonchev–Trinajstić information content (AvgIpc) is 2.80. The molecule has 3 aromatic carbocycles. The van der Waals surface area contributed by atoms with E-state index in [1.165, 1.54) is 6.21 Å². The third-order valence-electron chi connectivity index (χ3n) is 5.41. The van der Waals surface area contributed by atoms with Gasteiger partial charge in [-0.3, -0.25) is 4.79 Å². The lowest BCUT2D eigenvalue weighted by Crippen LogP contribution is -2.24. The summed E-state index contributed by atoms with van der Waals surface area (Å²) in [6, 6.07) is 19.1. The summed E-state index contributed by atoms with van der Waals surface area (Å²) < 4.78 is 0. The maximum atomic E-state index is 13.3. The largest absolute Gasteiger partial charge is 0.330 e. The highest BCUT2D eigenvalue weighted by atomic mass is 35.5. The van der Waals surface area contributed by atoms with E-state index in [-0.39, 0.29) is 5.91 Å². The quantitative estimate of drug-likeness (QED) is 0.306. The van der Waals surface area contributed by atoms with Crippen LogP contribution in [0.3, 0.4) is 0 Å². The maximum absolute atomic E-state index is 13.3. The molecule has 0 aromatic heterocycles. The van der Waals surface area contributed by atoms with Crippen LogP contribution < -0.4 is 11.1 Å². The molecule has 0 aliphatic heterocycles. The number of hydrogen-bond donors (Lipinski definition) is 3. The van der Waals surface area contributed by atoms with Crippen LogP contribution in [0.2, 0.25) is 10.0 Å². The van der Waals surface area contributed by atoms with Gasteiger partial charge in [0.1, 0.15) is 0 Å². The second-order valence-corrected chi connectivity index (χ2v) is 8.46. The van der Waals surface area contributed by atoms with Crippen molar-refractivity contribution in [1.29, 1.82) is 5.41 Å². The minimum absolute atomic E-state index is 0.174. The van der Waals surface area contributed by atoms with Crippen molar-refractivity contribution in [3.8, 4) is 11.1 Å². The number of anilines is 1. The van der Waals surface area contributed by atoms with Gasteiger partial charge in [-0.25, -0.2) is 0 Å². The van der Waals surface area contributed by atoms with Crippen LogP contribution in [-0.4, -0.2) is 18.7 Å². The van der Waals surface area contributed by atoms with Crippen LogP contribution in [0.15, 0.2) is 60.7 Å². The van der Waals surface area contributed by atoms with Crippen molar-refractivity contribution < 1.29 is 4.79 Å². The monoisotopic (exact) mass is 467 g/mol. The smallest absolute Gasteiger partial charge is 0.231 e. The molecule has 3 rings (SSSR count). The lowest BCUT2D eigenvalue weighted by Gasteiger charge is -2.19. The Hall–Kier alpha value is -2.66. The Balaban J connectivity index is 2.00. The fraction of sp³-hybridized carbons (Fsp3) is 0.231. The Bertz CT molecular complexity index is 1100. The molecule has 6 heteroatoms. The summed E-state index contributed by atoms with van der Waals surface area (Å²) in [5.41, 5.74) is 11.2. The third-order valence-corrected chi connectivity index (χ3v) is 6.15. The number of amides is 1. The van der Waals surface area contributed by atoms with Crippen molar-refractivity contribution in [1.82, 2.24) is 0 Å². The summed E-state index contributed by atoms with van der Waals surface area (Å²) >= 11 is 12.2. The van der Waals surface area contributed by atoms with E-state index in [4.69, 9.17) is 34.3 Å². The molecule has 0 radical (unpaired) electrons. The number of halogens is 2. The first-order valence-electron chi connectivity index (χ1n) is 10.7. The van der Waals surface area contributed by atoms with Gasteiger partial charge in [0, 0.05) is 11.9 Å². The summed E-state index contributed by atoms with van der Waals surface area (Å²) in [6.07, 6.45) is 3.63. The molecule has 3 aromatic rings. The van der Waals surface area contributed by atoms with Crippen LogP contribution in [0.4, 0.5) is 5.69 Å². The van der Waals surface area contributed by atoms with Crippen LogP contribution in [-0.2, 0) is 11.2 Å². The lowest BCUT2D eigenvalue weighted by molar-refractivity contribution is -0.117. The molecular formula is C26H27Cl2N3O. The Morgan fingerprint density at radius 1 is 1.09 bits per heavy atom. The van der Waals surface area contributed by atoms with Gasteiger partial charge in [0.05, 0.1) is 16.0 Å². The van der Waals surface area contributed by atoms with E-state index in [0.717, 1.165) is 40.7 Å². The maximum Gasteiger partial charge on any atom is 0.231 e. The van der Waals surface area contributed by atoms with Crippen LogP contribution >= 0.6 is 23.2 Å². The SMILES string of the molecule is CCCc1c(C=N)cc(NC(=O)C(CCN)c2ccc(Cl)c(Cl)c2)cc1-c1ccccc1. The van der Waals surface area contributed by atoms with Crippen LogP contribution in [0.1, 0.15) is 42.4 Å². The van der Waals surface area contributed by atoms with E-state index in [2.05, 4.69) is 12.2 Å². The number of nitrogens with two attached hydrogens (primary N) is 1. The zero-order chi connectivity index (χ0) is 23.1.